The standard InChI is InChI=1S/C40H68O5Si/c1-27(19-20-29-24-30(42-13)23-28(2)34(29)43-14)22-31(44-35(41)36(3,4)5)25-39(11)26-32-33(45-46(15,16)37(6,7)8)18-17-21-40(39,12)38(32,9)10/h19,23-24,31-33H,17-18,20-22,25-26H2,1-16H3/b27-19+/t31-,32+,33-,39-,40-/m1/s1. The summed E-state index contributed by atoms with van der Waals surface area (Å²) in [6.45, 7) is 31.9. The highest BCUT2D eigenvalue weighted by Gasteiger charge is 2.66. The van der Waals surface area contributed by atoms with E-state index in [9.17, 15) is 4.79 Å². The van der Waals surface area contributed by atoms with Crippen LogP contribution in [0.4, 0.5) is 0 Å². The maximum atomic E-state index is 13.4. The third-order valence-electron chi connectivity index (χ3n) is 12.8. The molecule has 0 aliphatic heterocycles. The predicted molar refractivity (Wildman–Crippen MR) is 194 cm³/mol. The fourth-order valence-electron chi connectivity index (χ4n) is 8.32. The lowest BCUT2D eigenvalue weighted by Gasteiger charge is -2.50. The van der Waals surface area contributed by atoms with E-state index in [1.165, 1.54) is 18.4 Å². The maximum absolute atomic E-state index is 13.4. The van der Waals surface area contributed by atoms with E-state index in [0.29, 0.717) is 12.3 Å². The number of allylic oxidation sites excluding steroid dienone is 1. The van der Waals surface area contributed by atoms with Crippen molar-refractivity contribution in [1.29, 1.82) is 0 Å². The predicted octanol–water partition coefficient (Wildman–Crippen LogP) is 10.9. The van der Waals surface area contributed by atoms with Crippen LogP contribution in [0.25, 0.3) is 0 Å². The summed E-state index contributed by atoms with van der Waals surface area (Å²) in [5, 5.41) is 0.179. The van der Waals surface area contributed by atoms with Crippen LogP contribution in [0.2, 0.25) is 18.1 Å². The third-order valence-corrected chi connectivity index (χ3v) is 17.3. The van der Waals surface area contributed by atoms with E-state index in [2.05, 4.69) is 80.6 Å². The Kier molecular flexibility index (Phi) is 11.4. The van der Waals surface area contributed by atoms with Crippen LogP contribution in [0.15, 0.2) is 23.8 Å². The van der Waals surface area contributed by atoms with Gasteiger partial charge < -0.3 is 18.6 Å². The topological polar surface area (TPSA) is 54.0 Å². The first kappa shape index (κ1) is 38.7. The van der Waals surface area contributed by atoms with E-state index >= 15 is 0 Å². The van der Waals surface area contributed by atoms with Crippen molar-refractivity contribution >= 4 is 14.3 Å². The van der Waals surface area contributed by atoms with Crippen LogP contribution < -0.4 is 9.47 Å². The molecular formula is C40H68O5Si. The molecule has 2 fully saturated rings. The Labute approximate surface area is 283 Å². The summed E-state index contributed by atoms with van der Waals surface area (Å²) >= 11 is 0. The fourth-order valence-corrected chi connectivity index (χ4v) is 9.71. The second-order valence-electron chi connectivity index (χ2n) is 18.3. The first-order valence-electron chi connectivity index (χ1n) is 17.7. The number of esters is 1. The number of ether oxygens (including phenoxy) is 3. The van der Waals surface area contributed by atoms with Crippen LogP contribution in [-0.4, -0.2) is 40.7 Å². The average Bonchev–Trinajstić information content (AvgIpc) is 2.99. The van der Waals surface area contributed by atoms with Gasteiger partial charge >= 0.3 is 5.97 Å². The molecular weight excluding hydrogens is 589 g/mol. The Balaban J connectivity index is 1.95. The zero-order valence-electron chi connectivity index (χ0n) is 32.5. The van der Waals surface area contributed by atoms with Crippen molar-refractivity contribution in [2.24, 2.45) is 27.6 Å². The fraction of sp³-hybridized carbons (Fsp3) is 0.775. The molecule has 5 nitrogen and oxygen atoms in total. The van der Waals surface area contributed by atoms with E-state index in [1.54, 1.807) is 14.2 Å². The number of carbonyl (C=O) groups excluding carboxylic acids is 1. The van der Waals surface area contributed by atoms with Crippen LogP contribution >= 0.6 is 0 Å². The summed E-state index contributed by atoms with van der Waals surface area (Å²) in [6.07, 6.45) is 9.23. The van der Waals surface area contributed by atoms with E-state index < -0.39 is 13.7 Å². The number of aryl methyl sites for hydroxylation is 1. The van der Waals surface area contributed by atoms with Gasteiger partial charge in [0.05, 0.1) is 19.6 Å². The molecule has 1 aromatic rings. The maximum Gasteiger partial charge on any atom is 0.311 e. The Bertz CT molecular complexity index is 1270. The third kappa shape index (κ3) is 7.74. The van der Waals surface area contributed by atoms with Crippen molar-refractivity contribution in [1.82, 2.24) is 0 Å². The summed E-state index contributed by atoms with van der Waals surface area (Å²) in [5.74, 6) is 2.07. The van der Waals surface area contributed by atoms with Gasteiger partial charge in [-0.15, -0.1) is 0 Å². The van der Waals surface area contributed by atoms with Crippen LogP contribution in [0.5, 0.6) is 11.5 Å². The highest BCUT2D eigenvalue weighted by atomic mass is 28.4. The molecule has 2 bridgehead atoms. The number of benzene rings is 1. The molecule has 2 saturated carbocycles. The number of rotatable bonds is 11. The summed E-state index contributed by atoms with van der Waals surface area (Å²) in [7, 11) is 1.49. The molecule has 5 atom stereocenters. The smallest absolute Gasteiger partial charge is 0.311 e. The lowest BCUT2D eigenvalue weighted by atomic mass is 9.55. The molecule has 6 heteroatoms. The second kappa shape index (κ2) is 13.6. The summed E-state index contributed by atoms with van der Waals surface area (Å²) in [4.78, 5) is 13.4. The Morgan fingerprint density at radius 3 is 2.22 bits per heavy atom. The van der Waals surface area contributed by atoms with Crippen molar-refractivity contribution in [3.63, 3.8) is 0 Å². The number of hydrogen-bond acceptors (Lipinski definition) is 5. The van der Waals surface area contributed by atoms with Gasteiger partial charge in [0.2, 0.25) is 0 Å². The van der Waals surface area contributed by atoms with Crippen molar-refractivity contribution in [3.8, 4) is 11.5 Å². The first-order chi connectivity index (χ1) is 20.9. The molecule has 46 heavy (non-hydrogen) atoms. The van der Waals surface area contributed by atoms with Gasteiger partial charge in [-0.3, -0.25) is 4.79 Å². The normalized spacial score (nSPS) is 27.6. The quantitative estimate of drug-likeness (QED) is 0.135. The van der Waals surface area contributed by atoms with Gasteiger partial charge in [0.1, 0.15) is 17.6 Å². The minimum atomic E-state index is -1.93. The van der Waals surface area contributed by atoms with E-state index in [1.807, 2.05) is 33.8 Å². The van der Waals surface area contributed by atoms with Gasteiger partial charge in [0.15, 0.2) is 8.32 Å². The number of methoxy groups -OCH3 is 2. The van der Waals surface area contributed by atoms with Crippen LogP contribution in [0.3, 0.4) is 0 Å². The highest BCUT2D eigenvalue weighted by molar-refractivity contribution is 6.74. The van der Waals surface area contributed by atoms with Gasteiger partial charge in [0, 0.05) is 18.1 Å². The van der Waals surface area contributed by atoms with Crippen molar-refractivity contribution in [2.75, 3.05) is 14.2 Å². The first-order valence-corrected chi connectivity index (χ1v) is 20.6. The molecule has 3 rings (SSSR count). The highest BCUT2D eigenvalue weighted by Crippen LogP contribution is 2.71. The Hall–Kier alpha value is -1.79. The molecule has 1 aromatic carbocycles. The minimum absolute atomic E-state index is 0.00681. The van der Waals surface area contributed by atoms with Gasteiger partial charge in [-0.05, 0) is 125 Å². The number of carbonyl (C=O) groups is 1. The zero-order valence-corrected chi connectivity index (χ0v) is 33.5. The molecule has 2 aliphatic rings. The summed E-state index contributed by atoms with van der Waals surface area (Å²) < 4.78 is 25.0. The van der Waals surface area contributed by atoms with Crippen molar-refractivity contribution < 1.29 is 23.4 Å². The largest absolute Gasteiger partial charge is 0.497 e. The monoisotopic (exact) mass is 656 g/mol. The van der Waals surface area contributed by atoms with Gasteiger partial charge in [-0.2, -0.15) is 0 Å². The Morgan fingerprint density at radius 2 is 1.67 bits per heavy atom. The van der Waals surface area contributed by atoms with Crippen molar-refractivity contribution in [2.45, 2.75) is 158 Å². The number of fused-ring (bicyclic) bond motifs is 2. The molecule has 0 N–H and O–H groups in total. The summed E-state index contributed by atoms with van der Waals surface area (Å²) in [6, 6.07) is 4.06. The molecule has 2 aliphatic carbocycles. The molecule has 0 amide bonds. The number of hydrogen-bond donors (Lipinski definition) is 0. The van der Waals surface area contributed by atoms with Crippen LogP contribution in [0.1, 0.15) is 126 Å². The second-order valence-corrected chi connectivity index (χ2v) is 23.1. The molecule has 0 spiro atoms. The van der Waals surface area contributed by atoms with Crippen molar-refractivity contribution in [3.05, 3.63) is 34.9 Å². The average molecular weight is 657 g/mol. The van der Waals surface area contributed by atoms with Gasteiger partial charge in [-0.1, -0.05) is 66.5 Å². The zero-order chi connectivity index (χ0) is 35.1. The molecule has 0 aromatic heterocycles. The summed E-state index contributed by atoms with van der Waals surface area (Å²) in [5.41, 5.74) is 3.03. The lowest BCUT2D eigenvalue weighted by Crippen LogP contribution is -2.47. The molecule has 262 valence electrons. The molecule has 0 saturated heterocycles. The van der Waals surface area contributed by atoms with E-state index in [4.69, 9.17) is 18.6 Å². The van der Waals surface area contributed by atoms with Crippen LogP contribution in [0, 0.1) is 34.5 Å². The van der Waals surface area contributed by atoms with E-state index in [0.717, 1.165) is 48.3 Å². The van der Waals surface area contributed by atoms with Gasteiger partial charge in [0.25, 0.3) is 0 Å². The lowest BCUT2D eigenvalue weighted by molar-refractivity contribution is -0.161. The van der Waals surface area contributed by atoms with E-state index in [-0.39, 0.29) is 39.5 Å². The molecule has 0 radical (unpaired) electrons. The Morgan fingerprint density at radius 1 is 1.04 bits per heavy atom. The van der Waals surface area contributed by atoms with Gasteiger partial charge in [-0.25, -0.2) is 0 Å². The minimum Gasteiger partial charge on any atom is -0.497 e. The molecule has 0 heterocycles. The molecule has 0 unspecified atom stereocenters. The van der Waals surface area contributed by atoms with Crippen LogP contribution in [-0.2, 0) is 20.4 Å². The SMILES string of the molecule is COc1cc(C)c(OC)c(C/C=C(\C)C[C@H](C[C@]2(C)C[C@H]3[C@H](O[Si](C)(C)C(C)(C)C)CCC[C@]2(C)C3(C)C)OC(=O)C(C)(C)C)c1.